The van der Waals surface area contributed by atoms with Crippen LogP contribution in [0.4, 0.5) is 5.95 Å². The molecule has 0 bridgehead atoms. The molecule has 0 atom stereocenters. The van der Waals surface area contributed by atoms with Crippen LogP contribution >= 0.6 is 11.6 Å². The van der Waals surface area contributed by atoms with Crippen LogP contribution in [-0.4, -0.2) is 51.2 Å². The number of aromatic nitrogens is 4. The Morgan fingerprint density at radius 1 is 1.33 bits per heavy atom. The Morgan fingerprint density at radius 2 is 2.17 bits per heavy atom. The van der Waals surface area contributed by atoms with Gasteiger partial charge in [-0.2, -0.15) is 0 Å². The van der Waals surface area contributed by atoms with E-state index < -0.39 is 0 Å². The summed E-state index contributed by atoms with van der Waals surface area (Å²) in [4.78, 5) is 25.0. The molecule has 2 aromatic heterocycles. The molecule has 24 heavy (non-hydrogen) atoms. The molecule has 4 heterocycles. The molecule has 0 aliphatic carbocycles. The minimum atomic E-state index is -0.182. The lowest BCUT2D eigenvalue weighted by molar-refractivity contribution is 0.0902. The number of imidazole rings is 1. The van der Waals surface area contributed by atoms with Gasteiger partial charge in [-0.1, -0.05) is 11.6 Å². The highest BCUT2D eigenvalue weighted by Gasteiger charge is 2.22. The number of fused-ring (bicyclic) bond motifs is 1. The highest BCUT2D eigenvalue weighted by Crippen LogP contribution is 2.26. The minimum Gasteiger partial charge on any atom is -0.381 e. The van der Waals surface area contributed by atoms with E-state index in [1.54, 1.807) is 12.4 Å². The normalized spacial score (nSPS) is 18.1. The molecule has 0 radical (unpaired) electrons. The Balaban J connectivity index is 1.62. The molecule has 2 aliphatic rings. The molecule has 2 aromatic rings. The van der Waals surface area contributed by atoms with Gasteiger partial charge in [0.2, 0.25) is 5.95 Å². The van der Waals surface area contributed by atoms with Gasteiger partial charge in [0.25, 0.3) is 5.91 Å². The minimum absolute atomic E-state index is 0.182. The van der Waals surface area contributed by atoms with Crippen LogP contribution in [0.1, 0.15) is 23.5 Å². The zero-order chi connectivity index (χ0) is 16.5. The molecular weight excluding hydrogens is 332 g/mol. The molecule has 1 amide bonds. The van der Waals surface area contributed by atoms with Crippen molar-refractivity contribution < 1.29 is 9.53 Å². The summed E-state index contributed by atoms with van der Waals surface area (Å²) in [5.41, 5.74) is 1.10. The van der Waals surface area contributed by atoms with Crippen LogP contribution in [0.2, 0.25) is 5.02 Å². The van der Waals surface area contributed by atoms with Crippen molar-refractivity contribution in [3.05, 3.63) is 23.2 Å². The van der Waals surface area contributed by atoms with E-state index in [1.807, 2.05) is 4.57 Å². The average Bonchev–Trinajstić information content (AvgIpc) is 3.03. The quantitative estimate of drug-likeness (QED) is 0.869. The number of halogens is 1. The van der Waals surface area contributed by atoms with Crippen LogP contribution < -0.4 is 10.6 Å². The van der Waals surface area contributed by atoms with Crippen LogP contribution in [0.15, 0.2) is 12.4 Å². The molecule has 8 nitrogen and oxygen atoms in total. The third-order valence-corrected chi connectivity index (χ3v) is 4.44. The van der Waals surface area contributed by atoms with Crippen molar-refractivity contribution in [1.82, 2.24) is 24.8 Å². The Morgan fingerprint density at radius 3 is 2.96 bits per heavy atom. The first-order valence-electron chi connectivity index (χ1n) is 7.93. The molecule has 1 saturated heterocycles. The van der Waals surface area contributed by atoms with Crippen LogP contribution in [-0.2, 0) is 11.3 Å². The van der Waals surface area contributed by atoms with Gasteiger partial charge in [-0.25, -0.2) is 15.0 Å². The maximum absolute atomic E-state index is 11.9. The zero-order valence-electron chi connectivity index (χ0n) is 13.0. The van der Waals surface area contributed by atoms with Crippen molar-refractivity contribution in [2.45, 2.75) is 25.4 Å². The second kappa shape index (κ2) is 6.37. The molecule has 0 unspecified atom stereocenters. The van der Waals surface area contributed by atoms with Gasteiger partial charge in [0, 0.05) is 38.5 Å². The SMILES string of the molecule is O=C1NCCn2cc(-c3nc(NC4CCOCC4)ncc3Cl)nc21. The van der Waals surface area contributed by atoms with Gasteiger partial charge in [0.15, 0.2) is 5.82 Å². The lowest BCUT2D eigenvalue weighted by Gasteiger charge is -2.23. The summed E-state index contributed by atoms with van der Waals surface area (Å²) in [5.74, 6) is 0.708. The van der Waals surface area contributed by atoms with Crippen LogP contribution in [0.5, 0.6) is 0 Å². The lowest BCUT2D eigenvalue weighted by Crippen LogP contribution is -2.35. The fourth-order valence-electron chi connectivity index (χ4n) is 2.89. The molecule has 4 rings (SSSR count). The molecule has 2 aliphatic heterocycles. The second-order valence-electron chi connectivity index (χ2n) is 5.82. The topological polar surface area (TPSA) is 94.0 Å². The molecule has 9 heteroatoms. The summed E-state index contributed by atoms with van der Waals surface area (Å²) < 4.78 is 7.17. The van der Waals surface area contributed by atoms with Crippen molar-refractivity contribution >= 4 is 23.5 Å². The fourth-order valence-corrected chi connectivity index (χ4v) is 3.08. The van der Waals surface area contributed by atoms with Gasteiger partial charge in [0.1, 0.15) is 11.4 Å². The number of anilines is 1. The molecule has 0 saturated carbocycles. The highest BCUT2D eigenvalue weighted by molar-refractivity contribution is 6.32. The van der Waals surface area contributed by atoms with E-state index >= 15 is 0 Å². The first kappa shape index (κ1) is 15.3. The van der Waals surface area contributed by atoms with E-state index in [4.69, 9.17) is 16.3 Å². The van der Waals surface area contributed by atoms with Crippen molar-refractivity contribution in [2.24, 2.45) is 0 Å². The highest BCUT2D eigenvalue weighted by atomic mass is 35.5. The first-order chi connectivity index (χ1) is 11.7. The van der Waals surface area contributed by atoms with E-state index in [9.17, 15) is 4.79 Å². The number of hydrogen-bond acceptors (Lipinski definition) is 6. The molecule has 126 valence electrons. The standard InChI is InChI=1S/C15H17ClN6O2/c16-10-7-18-15(19-9-1-5-24-6-2-9)21-12(10)11-8-22-4-3-17-14(23)13(22)20-11/h7-9H,1-6H2,(H,17,23)(H,18,19,21). The summed E-state index contributed by atoms with van der Waals surface area (Å²) in [6.45, 7) is 2.75. The summed E-state index contributed by atoms with van der Waals surface area (Å²) in [6, 6.07) is 0.286. The molecule has 2 N–H and O–H groups in total. The predicted molar refractivity (Wildman–Crippen MR) is 88.1 cm³/mol. The van der Waals surface area contributed by atoms with Gasteiger partial charge < -0.3 is 19.9 Å². The summed E-state index contributed by atoms with van der Waals surface area (Å²) in [6.07, 6.45) is 5.20. The first-order valence-corrected chi connectivity index (χ1v) is 8.31. The van der Waals surface area contributed by atoms with Crippen LogP contribution in [0.25, 0.3) is 11.4 Å². The van der Waals surface area contributed by atoms with Crippen molar-refractivity contribution in [1.29, 1.82) is 0 Å². The van der Waals surface area contributed by atoms with Crippen molar-refractivity contribution in [3.63, 3.8) is 0 Å². The number of rotatable bonds is 3. The smallest absolute Gasteiger partial charge is 0.287 e. The Bertz CT molecular complexity index is 771. The summed E-state index contributed by atoms with van der Waals surface area (Å²) >= 11 is 6.25. The Hall–Kier alpha value is -2.19. The van der Waals surface area contributed by atoms with Gasteiger partial charge in [0.05, 0.1) is 11.2 Å². The molecular formula is C15H17ClN6O2. The van der Waals surface area contributed by atoms with E-state index in [2.05, 4.69) is 25.6 Å². The maximum Gasteiger partial charge on any atom is 0.287 e. The molecule has 0 aromatic carbocycles. The molecule has 0 spiro atoms. The van der Waals surface area contributed by atoms with E-state index in [0.717, 1.165) is 26.1 Å². The van der Waals surface area contributed by atoms with Crippen molar-refractivity contribution in [3.8, 4) is 11.4 Å². The third-order valence-electron chi connectivity index (χ3n) is 4.16. The second-order valence-corrected chi connectivity index (χ2v) is 6.23. The number of hydrogen-bond donors (Lipinski definition) is 2. The Labute approximate surface area is 143 Å². The van der Waals surface area contributed by atoms with Gasteiger partial charge in [-0.15, -0.1) is 0 Å². The third kappa shape index (κ3) is 2.94. The summed E-state index contributed by atoms with van der Waals surface area (Å²) in [5, 5.41) is 6.49. The zero-order valence-corrected chi connectivity index (χ0v) is 13.7. The van der Waals surface area contributed by atoms with E-state index in [-0.39, 0.29) is 11.9 Å². The van der Waals surface area contributed by atoms with Crippen LogP contribution in [0, 0.1) is 0 Å². The largest absolute Gasteiger partial charge is 0.381 e. The number of carbonyl (C=O) groups excluding carboxylic acids is 1. The van der Waals surface area contributed by atoms with E-state index in [0.29, 0.717) is 41.3 Å². The summed E-state index contributed by atoms with van der Waals surface area (Å²) in [7, 11) is 0. The maximum atomic E-state index is 11.9. The molecule has 1 fully saturated rings. The van der Waals surface area contributed by atoms with Crippen molar-refractivity contribution in [2.75, 3.05) is 25.1 Å². The number of amides is 1. The lowest BCUT2D eigenvalue weighted by atomic mass is 10.1. The fraction of sp³-hybridized carbons (Fsp3) is 0.467. The van der Waals surface area contributed by atoms with Gasteiger partial charge >= 0.3 is 0 Å². The van der Waals surface area contributed by atoms with E-state index in [1.165, 1.54) is 0 Å². The van der Waals surface area contributed by atoms with Crippen LogP contribution in [0.3, 0.4) is 0 Å². The number of nitrogens with zero attached hydrogens (tertiary/aromatic N) is 4. The van der Waals surface area contributed by atoms with Gasteiger partial charge in [-0.05, 0) is 12.8 Å². The number of ether oxygens (including phenoxy) is 1. The Kier molecular flexibility index (Phi) is 4.07. The number of nitrogens with one attached hydrogen (secondary N) is 2. The van der Waals surface area contributed by atoms with Gasteiger partial charge in [-0.3, -0.25) is 4.79 Å². The monoisotopic (exact) mass is 348 g/mol. The predicted octanol–water partition coefficient (Wildman–Crippen LogP) is 1.33. The number of carbonyl (C=O) groups is 1. The average molecular weight is 349 g/mol.